The maximum atomic E-state index is 13.4. The fourth-order valence-corrected chi connectivity index (χ4v) is 5.30. The first-order chi connectivity index (χ1) is 20.1. The molecule has 1 fully saturated rings. The smallest absolute Gasteiger partial charge is 0.534 e. The normalized spacial score (nSPS) is 17.3. The average molecular weight is 592 g/mol. The Labute approximate surface area is 243 Å². The molecule has 0 bridgehead atoms. The van der Waals surface area contributed by atoms with E-state index in [0.29, 0.717) is 5.56 Å². The molecule has 5 amide bonds. The number of nitrogens with zero attached hydrogens (tertiary/aromatic N) is 3. The SMILES string of the molecule is Nc1nc(C(NC(=O)N2CCN(Cc3ccccc3)C(=O)C2=O)C(=O)N[C@H]2Cc3cccc(C(=O)O)c3OB2O)cs1. The van der Waals surface area contributed by atoms with Gasteiger partial charge >= 0.3 is 30.9 Å². The van der Waals surface area contributed by atoms with Gasteiger partial charge in [0.05, 0.1) is 17.2 Å². The first-order valence-electron chi connectivity index (χ1n) is 12.8. The third-order valence-corrected chi connectivity index (χ3v) is 7.51. The Bertz CT molecular complexity index is 1550. The van der Waals surface area contributed by atoms with E-state index < -0.39 is 48.8 Å². The first kappa shape index (κ1) is 28.6. The van der Waals surface area contributed by atoms with Gasteiger partial charge in [0.25, 0.3) is 0 Å². The highest BCUT2D eigenvalue weighted by Crippen LogP contribution is 2.30. The molecule has 2 aliphatic rings. The second-order valence-corrected chi connectivity index (χ2v) is 10.5. The predicted molar refractivity (Wildman–Crippen MR) is 149 cm³/mol. The number of carbonyl (C=O) groups excluding carboxylic acids is 4. The molecule has 3 heterocycles. The summed E-state index contributed by atoms with van der Waals surface area (Å²) in [7, 11) is -1.60. The number of piperazine rings is 1. The lowest BCUT2D eigenvalue weighted by atomic mass is 9.72. The molecule has 0 saturated carbocycles. The number of nitrogens with two attached hydrogens (primary N) is 1. The average Bonchev–Trinajstić information content (AvgIpc) is 3.40. The Balaban J connectivity index is 1.29. The van der Waals surface area contributed by atoms with Crippen molar-refractivity contribution in [2.45, 2.75) is 24.9 Å². The molecular formula is C26H25BN6O8S. The van der Waals surface area contributed by atoms with Gasteiger partial charge in [0.15, 0.2) is 11.2 Å². The maximum Gasteiger partial charge on any atom is 0.547 e. The molecule has 16 heteroatoms. The lowest BCUT2D eigenvalue weighted by Crippen LogP contribution is -2.60. The minimum Gasteiger partial charge on any atom is -0.534 e. The van der Waals surface area contributed by atoms with Gasteiger partial charge in [0.1, 0.15) is 5.75 Å². The predicted octanol–water partition coefficient (Wildman–Crippen LogP) is 0.185. The number of carboxylic acids is 1. The van der Waals surface area contributed by atoms with Crippen LogP contribution in [0.1, 0.15) is 33.2 Å². The van der Waals surface area contributed by atoms with Crippen molar-refractivity contribution >= 4 is 53.3 Å². The number of anilines is 1. The molecule has 1 unspecified atom stereocenters. The number of nitrogens with one attached hydrogen (secondary N) is 2. The van der Waals surface area contributed by atoms with Gasteiger partial charge < -0.3 is 36.1 Å². The molecule has 0 spiro atoms. The van der Waals surface area contributed by atoms with E-state index >= 15 is 0 Å². The van der Waals surface area contributed by atoms with Gasteiger partial charge in [-0.2, -0.15) is 0 Å². The summed E-state index contributed by atoms with van der Waals surface area (Å²) in [6.45, 7) is 0.193. The van der Waals surface area contributed by atoms with E-state index in [9.17, 15) is 34.1 Å². The zero-order chi connectivity index (χ0) is 30.0. The van der Waals surface area contributed by atoms with E-state index in [-0.39, 0.29) is 48.2 Å². The van der Waals surface area contributed by atoms with Crippen LogP contribution in [0.25, 0.3) is 0 Å². The van der Waals surface area contributed by atoms with Crippen molar-refractivity contribution in [3.05, 3.63) is 76.3 Å². The summed E-state index contributed by atoms with van der Waals surface area (Å²) in [5, 5.41) is 26.6. The van der Waals surface area contributed by atoms with Gasteiger partial charge in [0, 0.05) is 25.0 Å². The highest BCUT2D eigenvalue weighted by molar-refractivity contribution is 7.13. The fourth-order valence-electron chi connectivity index (χ4n) is 4.71. The van der Waals surface area contributed by atoms with Crippen LogP contribution in [0, 0.1) is 0 Å². The zero-order valence-corrected chi connectivity index (χ0v) is 22.7. The van der Waals surface area contributed by atoms with E-state index in [1.54, 1.807) is 6.07 Å². The van der Waals surface area contributed by atoms with Crippen molar-refractivity contribution in [2.24, 2.45) is 0 Å². The molecule has 0 radical (unpaired) electrons. The minimum absolute atomic E-state index is 0.00490. The third-order valence-electron chi connectivity index (χ3n) is 6.81. The number of urea groups is 1. The number of hydrogen-bond acceptors (Lipinski definition) is 10. The highest BCUT2D eigenvalue weighted by atomic mass is 32.1. The summed E-state index contributed by atoms with van der Waals surface area (Å²) in [6.07, 6.45) is 0.0274. The van der Waals surface area contributed by atoms with Crippen molar-refractivity contribution in [2.75, 3.05) is 18.8 Å². The highest BCUT2D eigenvalue weighted by Gasteiger charge is 2.41. The topological polar surface area (TPSA) is 204 Å². The second kappa shape index (κ2) is 11.9. The van der Waals surface area contributed by atoms with Crippen molar-refractivity contribution < 1.29 is 38.8 Å². The molecular weight excluding hydrogens is 567 g/mol. The molecule has 0 aliphatic carbocycles. The summed E-state index contributed by atoms with van der Waals surface area (Å²) >= 11 is 1.02. The fraction of sp³-hybridized carbons (Fsp3) is 0.231. The van der Waals surface area contributed by atoms with Crippen molar-refractivity contribution in [1.29, 1.82) is 0 Å². The van der Waals surface area contributed by atoms with Gasteiger partial charge in [-0.15, -0.1) is 11.3 Å². The van der Waals surface area contributed by atoms with Crippen LogP contribution in [0.5, 0.6) is 5.75 Å². The van der Waals surface area contributed by atoms with Gasteiger partial charge in [-0.25, -0.2) is 14.6 Å². The lowest BCUT2D eigenvalue weighted by Gasteiger charge is -2.33. The van der Waals surface area contributed by atoms with Crippen LogP contribution in [0.2, 0.25) is 0 Å². The number of benzene rings is 2. The summed E-state index contributed by atoms with van der Waals surface area (Å²) in [5.74, 6) is -4.97. The quantitative estimate of drug-likeness (QED) is 0.186. The number of para-hydroxylation sites is 1. The number of aromatic carboxylic acids is 1. The molecule has 1 aromatic heterocycles. The number of nitrogen functional groups attached to an aromatic ring is 1. The Morgan fingerprint density at radius 3 is 2.57 bits per heavy atom. The number of carboxylic acid groups (broad SMARTS) is 1. The van der Waals surface area contributed by atoms with Gasteiger partial charge in [-0.1, -0.05) is 42.5 Å². The Hall–Kier alpha value is -4.96. The van der Waals surface area contributed by atoms with E-state index in [0.717, 1.165) is 21.8 Å². The Morgan fingerprint density at radius 1 is 1.12 bits per heavy atom. The molecule has 14 nitrogen and oxygen atoms in total. The number of imide groups is 1. The van der Waals surface area contributed by atoms with Crippen LogP contribution in [0.4, 0.5) is 9.93 Å². The molecule has 6 N–H and O–H groups in total. The summed E-state index contributed by atoms with van der Waals surface area (Å²) in [6, 6.07) is 11.1. The van der Waals surface area contributed by atoms with E-state index in [1.165, 1.54) is 22.4 Å². The summed E-state index contributed by atoms with van der Waals surface area (Å²) in [5.41, 5.74) is 6.95. The Kier molecular flexibility index (Phi) is 8.08. The third kappa shape index (κ3) is 5.89. The van der Waals surface area contributed by atoms with Crippen LogP contribution in [-0.4, -0.2) is 80.8 Å². The summed E-state index contributed by atoms with van der Waals surface area (Å²) in [4.78, 5) is 69.9. The number of amides is 5. The second-order valence-electron chi connectivity index (χ2n) is 9.59. The molecule has 2 atom stereocenters. The maximum absolute atomic E-state index is 13.4. The molecule has 216 valence electrons. The van der Waals surface area contributed by atoms with Gasteiger partial charge in [-0.05, 0) is 23.6 Å². The number of aromatic nitrogens is 1. The van der Waals surface area contributed by atoms with E-state index in [2.05, 4.69) is 15.6 Å². The van der Waals surface area contributed by atoms with Crippen LogP contribution in [0.15, 0.2) is 53.9 Å². The molecule has 2 aliphatic heterocycles. The van der Waals surface area contributed by atoms with E-state index in [1.807, 2.05) is 30.3 Å². The molecule has 2 aromatic carbocycles. The standard InChI is InChI=1S/C26H25BN6O8S/c28-25-29-17(13-42-25)19(21(34)30-18-11-15-7-4-8-16(24(37)38)20(15)41-27(18)40)31-26(39)33-10-9-32(22(35)23(33)36)12-14-5-2-1-3-6-14/h1-8,13,18-19,40H,9-12H2,(H2,28,29)(H,30,34)(H,31,39)(H,37,38)/t18-,19?/m0/s1. The minimum atomic E-state index is -1.60. The van der Waals surface area contributed by atoms with Crippen LogP contribution < -0.4 is 21.0 Å². The first-order valence-corrected chi connectivity index (χ1v) is 13.7. The van der Waals surface area contributed by atoms with Crippen LogP contribution >= 0.6 is 11.3 Å². The van der Waals surface area contributed by atoms with Gasteiger partial charge in [-0.3, -0.25) is 19.3 Å². The van der Waals surface area contributed by atoms with Crippen molar-refractivity contribution in [1.82, 2.24) is 25.4 Å². The largest absolute Gasteiger partial charge is 0.547 e. The number of fused-ring (bicyclic) bond motifs is 1. The monoisotopic (exact) mass is 592 g/mol. The Morgan fingerprint density at radius 2 is 1.88 bits per heavy atom. The zero-order valence-electron chi connectivity index (χ0n) is 21.9. The van der Waals surface area contributed by atoms with E-state index in [4.69, 9.17) is 10.4 Å². The van der Waals surface area contributed by atoms with Gasteiger partial charge in [0.2, 0.25) is 5.91 Å². The number of thiazole rings is 1. The van der Waals surface area contributed by atoms with Crippen LogP contribution in [-0.2, 0) is 27.3 Å². The molecule has 42 heavy (non-hydrogen) atoms. The molecule has 5 rings (SSSR count). The van der Waals surface area contributed by atoms with Crippen molar-refractivity contribution in [3.8, 4) is 5.75 Å². The van der Waals surface area contributed by atoms with Crippen LogP contribution in [0.3, 0.4) is 0 Å². The molecule has 3 aromatic rings. The number of carbonyl (C=O) groups is 5. The number of hydrogen-bond donors (Lipinski definition) is 5. The number of rotatable bonds is 7. The van der Waals surface area contributed by atoms with Crippen molar-refractivity contribution in [3.63, 3.8) is 0 Å². The lowest BCUT2D eigenvalue weighted by molar-refractivity contribution is -0.154. The summed E-state index contributed by atoms with van der Waals surface area (Å²) < 4.78 is 5.43. The molecule has 1 saturated heterocycles.